The molecular formula is C15H17BrFNS. The predicted molar refractivity (Wildman–Crippen MR) is 83.4 cm³/mol. The van der Waals surface area contributed by atoms with Gasteiger partial charge >= 0.3 is 0 Å². The largest absolute Gasteiger partial charge is 0.312 e. The van der Waals surface area contributed by atoms with E-state index in [9.17, 15) is 4.39 Å². The van der Waals surface area contributed by atoms with Crippen molar-refractivity contribution in [2.24, 2.45) is 0 Å². The molecule has 1 aromatic heterocycles. The van der Waals surface area contributed by atoms with Crippen molar-refractivity contribution in [2.75, 3.05) is 7.05 Å². The molecule has 0 bridgehead atoms. The van der Waals surface area contributed by atoms with E-state index in [0.717, 1.165) is 16.5 Å². The molecule has 0 aliphatic rings. The number of hydrogen-bond donors (Lipinski definition) is 1. The molecule has 0 aliphatic carbocycles. The second-order valence-electron chi connectivity index (χ2n) is 4.67. The Morgan fingerprint density at radius 3 is 2.63 bits per heavy atom. The fourth-order valence-electron chi connectivity index (χ4n) is 2.04. The lowest BCUT2D eigenvalue weighted by molar-refractivity contribution is 0.590. The lowest BCUT2D eigenvalue weighted by atomic mass is 10.0. The zero-order valence-electron chi connectivity index (χ0n) is 11.3. The molecule has 2 aromatic rings. The minimum absolute atomic E-state index is 0.188. The van der Waals surface area contributed by atoms with Crippen molar-refractivity contribution < 1.29 is 4.39 Å². The standard InChI is InChI=1S/C15H17BrFNS/c1-9-6-15(19-10(9)2)14(18-3)8-11-7-12(17)4-5-13(11)16/h4-7,14,18H,8H2,1-3H3. The lowest BCUT2D eigenvalue weighted by Crippen LogP contribution is -2.18. The average molecular weight is 342 g/mol. The maximum atomic E-state index is 13.3. The molecule has 0 saturated heterocycles. The summed E-state index contributed by atoms with van der Waals surface area (Å²) in [6.45, 7) is 4.26. The summed E-state index contributed by atoms with van der Waals surface area (Å²) in [5.74, 6) is -0.188. The van der Waals surface area contributed by atoms with Crippen molar-refractivity contribution in [1.82, 2.24) is 5.32 Å². The lowest BCUT2D eigenvalue weighted by Gasteiger charge is -2.15. The molecule has 1 aromatic carbocycles. The van der Waals surface area contributed by atoms with E-state index in [1.165, 1.54) is 21.4 Å². The Morgan fingerprint density at radius 2 is 2.05 bits per heavy atom. The Labute approximate surface area is 126 Å². The van der Waals surface area contributed by atoms with Crippen LogP contribution >= 0.6 is 27.3 Å². The van der Waals surface area contributed by atoms with Crippen LogP contribution in [0.5, 0.6) is 0 Å². The van der Waals surface area contributed by atoms with Gasteiger partial charge in [0.2, 0.25) is 0 Å². The van der Waals surface area contributed by atoms with Crippen LogP contribution in [0.15, 0.2) is 28.7 Å². The van der Waals surface area contributed by atoms with Crippen LogP contribution in [0.1, 0.15) is 26.9 Å². The van der Waals surface area contributed by atoms with Gasteiger partial charge in [-0.2, -0.15) is 0 Å². The van der Waals surface area contributed by atoms with E-state index in [1.54, 1.807) is 23.5 Å². The summed E-state index contributed by atoms with van der Waals surface area (Å²) in [5, 5.41) is 3.32. The molecule has 1 nitrogen and oxygen atoms in total. The molecule has 1 heterocycles. The predicted octanol–water partition coefficient (Wildman–Crippen LogP) is 4.77. The number of nitrogens with one attached hydrogen (secondary N) is 1. The van der Waals surface area contributed by atoms with Gasteiger partial charge in [-0.3, -0.25) is 0 Å². The molecule has 1 N–H and O–H groups in total. The van der Waals surface area contributed by atoms with Crippen LogP contribution < -0.4 is 5.32 Å². The number of halogens is 2. The molecule has 0 radical (unpaired) electrons. The van der Waals surface area contributed by atoms with Gasteiger partial charge in [0.1, 0.15) is 5.82 Å². The van der Waals surface area contributed by atoms with Crippen LogP contribution in [-0.4, -0.2) is 7.05 Å². The van der Waals surface area contributed by atoms with Gasteiger partial charge in [0.15, 0.2) is 0 Å². The Balaban J connectivity index is 2.26. The average Bonchev–Trinajstić information content (AvgIpc) is 2.70. The summed E-state index contributed by atoms with van der Waals surface area (Å²) in [4.78, 5) is 2.64. The molecule has 1 unspecified atom stereocenters. The van der Waals surface area contributed by atoms with Crippen LogP contribution in [0.25, 0.3) is 0 Å². The van der Waals surface area contributed by atoms with E-state index in [-0.39, 0.29) is 11.9 Å². The van der Waals surface area contributed by atoms with Gasteiger partial charge in [-0.05, 0) is 62.7 Å². The summed E-state index contributed by atoms with van der Waals surface area (Å²) in [6, 6.07) is 7.27. The monoisotopic (exact) mass is 341 g/mol. The molecule has 0 amide bonds. The van der Waals surface area contributed by atoms with Crippen molar-refractivity contribution in [2.45, 2.75) is 26.3 Å². The first-order valence-electron chi connectivity index (χ1n) is 6.19. The third-order valence-corrected chi connectivity index (χ3v) is 5.35. The van der Waals surface area contributed by atoms with E-state index in [4.69, 9.17) is 0 Å². The minimum Gasteiger partial charge on any atom is -0.312 e. The molecular weight excluding hydrogens is 325 g/mol. The smallest absolute Gasteiger partial charge is 0.123 e. The number of thiophene rings is 1. The Bertz CT molecular complexity index is 560. The number of likely N-dealkylation sites (N-methyl/N-ethyl adjacent to an activating group) is 1. The molecule has 0 spiro atoms. The minimum atomic E-state index is -0.188. The zero-order valence-corrected chi connectivity index (χ0v) is 13.7. The van der Waals surface area contributed by atoms with Crippen LogP contribution in [0.4, 0.5) is 4.39 Å². The van der Waals surface area contributed by atoms with Crippen molar-refractivity contribution in [1.29, 1.82) is 0 Å². The molecule has 4 heteroatoms. The highest BCUT2D eigenvalue weighted by Gasteiger charge is 2.15. The molecule has 0 aliphatic heterocycles. The quantitative estimate of drug-likeness (QED) is 0.844. The number of hydrogen-bond acceptors (Lipinski definition) is 2. The van der Waals surface area contributed by atoms with Gasteiger partial charge in [-0.15, -0.1) is 11.3 Å². The topological polar surface area (TPSA) is 12.0 Å². The number of benzene rings is 1. The Hall–Kier alpha value is -0.710. The molecule has 2 rings (SSSR count). The fourth-order valence-corrected chi connectivity index (χ4v) is 3.60. The van der Waals surface area contributed by atoms with Gasteiger partial charge in [-0.25, -0.2) is 4.39 Å². The highest BCUT2D eigenvalue weighted by Crippen LogP contribution is 2.30. The first-order chi connectivity index (χ1) is 9.01. The third-order valence-electron chi connectivity index (χ3n) is 3.31. The maximum absolute atomic E-state index is 13.3. The summed E-state index contributed by atoms with van der Waals surface area (Å²) >= 11 is 5.29. The van der Waals surface area contributed by atoms with Gasteiger partial charge in [-0.1, -0.05) is 15.9 Å². The molecule has 0 fully saturated rings. The summed E-state index contributed by atoms with van der Waals surface area (Å²) in [7, 11) is 1.95. The summed E-state index contributed by atoms with van der Waals surface area (Å²) in [6.07, 6.45) is 0.772. The normalized spacial score (nSPS) is 12.7. The number of aryl methyl sites for hydroxylation is 2. The zero-order chi connectivity index (χ0) is 14.0. The van der Waals surface area contributed by atoms with Crippen molar-refractivity contribution in [3.63, 3.8) is 0 Å². The van der Waals surface area contributed by atoms with Crippen molar-refractivity contribution in [3.05, 3.63) is 55.4 Å². The molecule has 0 saturated carbocycles. The Morgan fingerprint density at radius 1 is 1.32 bits per heavy atom. The van der Waals surface area contributed by atoms with Gasteiger partial charge < -0.3 is 5.32 Å². The summed E-state index contributed by atoms with van der Waals surface area (Å²) in [5.41, 5.74) is 2.31. The van der Waals surface area contributed by atoms with Crippen LogP contribution in [0.2, 0.25) is 0 Å². The van der Waals surface area contributed by atoms with E-state index in [0.29, 0.717) is 0 Å². The van der Waals surface area contributed by atoms with Crippen LogP contribution in [-0.2, 0) is 6.42 Å². The second kappa shape index (κ2) is 6.16. The Kier molecular flexibility index (Phi) is 4.76. The van der Waals surface area contributed by atoms with Gasteiger partial charge in [0, 0.05) is 20.3 Å². The van der Waals surface area contributed by atoms with Crippen molar-refractivity contribution >= 4 is 27.3 Å². The van der Waals surface area contributed by atoms with Gasteiger partial charge in [0.25, 0.3) is 0 Å². The number of rotatable bonds is 4. The van der Waals surface area contributed by atoms with E-state index in [1.807, 2.05) is 7.05 Å². The first kappa shape index (κ1) is 14.7. The molecule has 1 atom stereocenters. The summed E-state index contributed by atoms with van der Waals surface area (Å²) < 4.78 is 14.3. The highest BCUT2D eigenvalue weighted by molar-refractivity contribution is 9.10. The van der Waals surface area contributed by atoms with Crippen LogP contribution in [0, 0.1) is 19.7 Å². The maximum Gasteiger partial charge on any atom is 0.123 e. The van der Waals surface area contributed by atoms with Crippen molar-refractivity contribution in [3.8, 4) is 0 Å². The SMILES string of the molecule is CNC(Cc1cc(F)ccc1Br)c1cc(C)c(C)s1. The van der Waals surface area contributed by atoms with Crippen LogP contribution in [0.3, 0.4) is 0 Å². The molecule has 102 valence electrons. The molecule has 19 heavy (non-hydrogen) atoms. The van der Waals surface area contributed by atoms with E-state index in [2.05, 4.69) is 41.2 Å². The first-order valence-corrected chi connectivity index (χ1v) is 7.80. The fraction of sp³-hybridized carbons (Fsp3) is 0.333. The second-order valence-corrected chi connectivity index (χ2v) is 6.81. The third kappa shape index (κ3) is 3.44. The highest BCUT2D eigenvalue weighted by atomic mass is 79.9. The van der Waals surface area contributed by atoms with E-state index < -0.39 is 0 Å². The van der Waals surface area contributed by atoms with E-state index >= 15 is 0 Å². The van der Waals surface area contributed by atoms with Gasteiger partial charge in [0.05, 0.1) is 0 Å².